The number of carbonyl (C=O) groups excluding carboxylic acids is 1. The Bertz CT molecular complexity index is 1080. The Hall–Kier alpha value is -3.90. The van der Waals surface area contributed by atoms with E-state index in [9.17, 15) is 29.4 Å². The van der Waals surface area contributed by atoms with E-state index in [1.165, 1.54) is 4.90 Å². The molecule has 0 bridgehead atoms. The smallest absolute Gasteiger partial charge is 0.410 e. The minimum Gasteiger partial charge on any atom is -0.450 e. The summed E-state index contributed by atoms with van der Waals surface area (Å²) in [6.45, 7) is 1.88. The van der Waals surface area contributed by atoms with Crippen molar-refractivity contribution in [2.45, 2.75) is 12.8 Å². The predicted molar refractivity (Wildman–Crippen MR) is 99.8 cm³/mol. The van der Waals surface area contributed by atoms with Crippen molar-refractivity contribution < 1.29 is 18.3 Å². The number of amides is 1. The maximum absolute atomic E-state index is 14.8. The molecule has 1 aromatic rings. The quantitative estimate of drug-likeness (QED) is 0.800. The average molecular weight is 409 g/mol. The van der Waals surface area contributed by atoms with Crippen LogP contribution in [0.3, 0.4) is 0 Å². The molecule has 0 spiro atoms. The van der Waals surface area contributed by atoms with Crippen LogP contribution >= 0.6 is 0 Å². The molecule has 0 saturated carbocycles. The number of nitrogens with zero attached hydrogens (tertiary/aromatic N) is 4. The van der Waals surface area contributed by atoms with E-state index in [2.05, 4.69) is 0 Å². The number of nitriles is 3. The van der Waals surface area contributed by atoms with Crippen LogP contribution < -0.4 is 5.73 Å². The largest absolute Gasteiger partial charge is 0.450 e. The standard InChI is InChI=1S/C21H17F2N5O2/c1-2-30-20(29)28-6-5-13-15(8-24)19(27)21(10-25,11-26)18(16(13)9-28)14-4-3-12(22)7-17(14)23/h3-5,7,16,18H,2,6,9,27H2,1H3/t16-,18+/m0/s1. The number of benzene rings is 1. The number of hydrogen-bond donors (Lipinski definition) is 1. The van der Waals surface area contributed by atoms with Crippen LogP contribution in [0, 0.1) is 57.0 Å². The average Bonchev–Trinajstić information content (AvgIpc) is 2.73. The summed E-state index contributed by atoms with van der Waals surface area (Å²) in [5.41, 5.74) is 4.04. The van der Waals surface area contributed by atoms with Crippen molar-refractivity contribution in [1.29, 1.82) is 15.8 Å². The summed E-state index contributed by atoms with van der Waals surface area (Å²) < 4.78 is 33.3. The molecular formula is C21H17F2N5O2. The number of rotatable bonds is 2. The summed E-state index contributed by atoms with van der Waals surface area (Å²) in [6, 6.07) is 8.48. The minimum absolute atomic E-state index is 0.0320. The van der Waals surface area contributed by atoms with Gasteiger partial charge >= 0.3 is 6.09 Å². The second-order valence-corrected chi connectivity index (χ2v) is 6.95. The van der Waals surface area contributed by atoms with Gasteiger partial charge in [-0.15, -0.1) is 0 Å². The Kier molecular flexibility index (Phi) is 5.45. The SMILES string of the molecule is CCOC(=O)N1CC=C2C(C#N)=C(N)C(C#N)(C#N)[C@H](c3ccc(F)cc3F)[C@H]2C1. The molecule has 1 aliphatic heterocycles. The van der Waals surface area contributed by atoms with E-state index < -0.39 is 35.0 Å². The van der Waals surface area contributed by atoms with E-state index in [1.807, 2.05) is 18.2 Å². The Morgan fingerprint density at radius 1 is 1.33 bits per heavy atom. The van der Waals surface area contributed by atoms with Crippen LogP contribution in [-0.4, -0.2) is 30.7 Å². The molecule has 7 nitrogen and oxygen atoms in total. The molecule has 2 N–H and O–H groups in total. The molecule has 30 heavy (non-hydrogen) atoms. The minimum atomic E-state index is -2.08. The van der Waals surface area contributed by atoms with Gasteiger partial charge in [0.2, 0.25) is 0 Å². The summed E-state index contributed by atoms with van der Waals surface area (Å²) >= 11 is 0. The lowest BCUT2D eigenvalue weighted by Gasteiger charge is -2.45. The molecule has 9 heteroatoms. The summed E-state index contributed by atoms with van der Waals surface area (Å²) in [5, 5.41) is 29.5. The Labute approximate surface area is 171 Å². The van der Waals surface area contributed by atoms with Crippen LogP contribution in [0.2, 0.25) is 0 Å². The number of halogens is 2. The fourth-order valence-corrected chi connectivity index (χ4v) is 4.14. The van der Waals surface area contributed by atoms with Crippen molar-refractivity contribution in [3.8, 4) is 18.2 Å². The zero-order valence-electron chi connectivity index (χ0n) is 16.0. The van der Waals surface area contributed by atoms with E-state index in [4.69, 9.17) is 10.5 Å². The lowest BCUT2D eigenvalue weighted by atomic mass is 9.58. The molecule has 1 amide bonds. The van der Waals surface area contributed by atoms with E-state index in [0.29, 0.717) is 11.6 Å². The van der Waals surface area contributed by atoms with Gasteiger partial charge in [-0.2, -0.15) is 15.8 Å². The highest BCUT2D eigenvalue weighted by Crippen LogP contribution is 2.54. The molecule has 0 saturated heterocycles. The zero-order valence-corrected chi connectivity index (χ0v) is 16.0. The van der Waals surface area contributed by atoms with Gasteiger partial charge in [-0.3, -0.25) is 0 Å². The van der Waals surface area contributed by atoms with Gasteiger partial charge in [-0.25, -0.2) is 13.6 Å². The van der Waals surface area contributed by atoms with Gasteiger partial charge in [0, 0.05) is 31.0 Å². The van der Waals surface area contributed by atoms with Crippen LogP contribution in [0.1, 0.15) is 18.4 Å². The number of nitrogens with two attached hydrogens (primary N) is 1. The first-order valence-electron chi connectivity index (χ1n) is 9.14. The van der Waals surface area contributed by atoms with Gasteiger partial charge in [-0.05, 0) is 24.1 Å². The van der Waals surface area contributed by atoms with Gasteiger partial charge in [0.25, 0.3) is 0 Å². The lowest BCUT2D eigenvalue weighted by molar-refractivity contribution is 0.0997. The van der Waals surface area contributed by atoms with Crippen LogP contribution in [0.4, 0.5) is 13.6 Å². The first kappa shape index (κ1) is 20.8. The van der Waals surface area contributed by atoms with Gasteiger partial charge in [-0.1, -0.05) is 12.1 Å². The third-order valence-electron chi connectivity index (χ3n) is 5.49. The molecule has 0 radical (unpaired) electrons. The monoisotopic (exact) mass is 409 g/mol. The number of ether oxygens (including phenoxy) is 1. The lowest BCUT2D eigenvalue weighted by Crippen LogP contribution is -2.49. The highest BCUT2D eigenvalue weighted by molar-refractivity contribution is 5.69. The van der Waals surface area contributed by atoms with Crippen LogP contribution in [0.5, 0.6) is 0 Å². The van der Waals surface area contributed by atoms with Gasteiger partial charge in [0.05, 0.1) is 30.0 Å². The maximum Gasteiger partial charge on any atom is 0.410 e. The molecule has 2 atom stereocenters. The summed E-state index contributed by atoms with van der Waals surface area (Å²) in [5.74, 6) is -3.74. The van der Waals surface area contributed by atoms with Crippen LogP contribution in [-0.2, 0) is 4.74 Å². The Morgan fingerprint density at radius 2 is 2.03 bits per heavy atom. The van der Waals surface area contributed by atoms with Crippen molar-refractivity contribution in [3.63, 3.8) is 0 Å². The van der Waals surface area contributed by atoms with E-state index >= 15 is 0 Å². The highest BCUT2D eigenvalue weighted by atomic mass is 19.1. The second-order valence-electron chi connectivity index (χ2n) is 6.95. The Balaban J connectivity index is 2.27. The predicted octanol–water partition coefficient (Wildman–Crippen LogP) is 2.85. The molecule has 1 aliphatic carbocycles. The first-order valence-corrected chi connectivity index (χ1v) is 9.14. The molecule has 0 unspecified atom stereocenters. The summed E-state index contributed by atoms with van der Waals surface area (Å²) in [6.07, 6.45) is 0.968. The number of carbonyl (C=O) groups is 1. The van der Waals surface area contributed by atoms with E-state index in [1.54, 1.807) is 13.0 Å². The second kappa shape index (κ2) is 7.85. The van der Waals surface area contributed by atoms with Crippen molar-refractivity contribution in [2.75, 3.05) is 19.7 Å². The van der Waals surface area contributed by atoms with Gasteiger partial charge in [0.15, 0.2) is 5.41 Å². The molecule has 0 fully saturated rings. The van der Waals surface area contributed by atoms with Crippen LogP contribution in [0.25, 0.3) is 0 Å². The van der Waals surface area contributed by atoms with Crippen molar-refractivity contribution in [1.82, 2.24) is 4.90 Å². The molecular weight excluding hydrogens is 392 g/mol. The summed E-state index contributed by atoms with van der Waals surface area (Å²) in [4.78, 5) is 13.6. The zero-order chi connectivity index (χ0) is 22.1. The number of allylic oxidation sites excluding steroid dienone is 2. The maximum atomic E-state index is 14.8. The van der Waals surface area contributed by atoms with E-state index in [0.717, 1.165) is 12.1 Å². The van der Waals surface area contributed by atoms with Crippen molar-refractivity contribution in [2.24, 2.45) is 17.1 Å². The first-order chi connectivity index (χ1) is 14.3. The normalized spacial score (nSPS) is 22.1. The molecule has 0 aromatic heterocycles. The molecule has 2 aliphatic rings. The fourth-order valence-electron chi connectivity index (χ4n) is 4.14. The molecule has 1 aromatic carbocycles. The molecule has 1 heterocycles. The van der Waals surface area contributed by atoms with Crippen LogP contribution in [0.15, 0.2) is 41.1 Å². The topological polar surface area (TPSA) is 127 Å². The third kappa shape index (κ3) is 3.03. The van der Waals surface area contributed by atoms with Gasteiger partial charge < -0.3 is 15.4 Å². The highest BCUT2D eigenvalue weighted by Gasteiger charge is 2.55. The van der Waals surface area contributed by atoms with Crippen molar-refractivity contribution in [3.05, 3.63) is 58.3 Å². The van der Waals surface area contributed by atoms with E-state index in [-0.39, 0.29) is 36.5 Å². The summed E-state index contributed by atoms with van der Waals surface area (Å²) in [7, 11) is 0. The molecule has 152 valence electrons. The Morgan fingerprint density at radius 3 is 2.60 bits per heavy atom. The third-order valence-corrected chi connectivity index (χ3v) is 5.49. The fraction of sp³-hybridized carbons (Fsp3) is 0.333. The van der Waals surface area contributed by atoms with Gasteiger partial charge in [0.1, 0.15) is 17.7 Å². The van der Waals surface area contributed by atoms with Crippen molar-refractivity contribution >= 4 is 6.09 Å². The number of hydrogen-bond acceptors (Lipinski definition) is 6. The molecule has 3 rings (SSSR count). The number of fused-ring (bicyclic) bond motifs is 1.